The topological polar surface area (TPSA) is 92.8 Å². The highest BCUT2D eigenvalue weighted by Gasteiger charge is 2.02. The van der Waals surface area contributed by atoms with Crippen molar-refractivity contribution in [1.29, 1.82) is 0 Å². The van der Waals surface area contributed by atoms with Gasteiger partial charge in [-0.2, -0.15) is 0 Å². The normalized spacial score (nSPS) is 10.5. The van der Waals surface area contributed by atoms with E-state index in [9.17, 15) is 14.9 Å². The molecular formula is C10H10N2O4. The van der Waals surface area contributed by atoms with E-state index in [-0.39, 0.29) is 18.7 Å². The number of carbonyl (C=O) groups is 1. The number of nitrogens with zero attached hydrogens (tertiary/aromatic N) is 2. The van der Waals surface area contributed by atoms with Crippen LogP contribution in [0.5, 0.6) is 0 Å². The lowest BCUT2D eigenvalue weighted by Crippen LogP contribution is -1.97. The highest BCUT2D eigenvalue weighted by Crippen LogP contribution is 2.10. The van der Waals surface area contributed by atoms with Crippen molar-refractivity contribution in [1.82, 2.24) is 0 Å². The van der Waals surface area contributed by atoms with E-state index in [0.29, 0.717) is 5.56 Å². The van der Waals surface area contributed by atoms with Gasteiger partial charge in [-0.3, -0.25) is 19.9 Å². The van der Waals surface area contributed by atoms with Gasteiger partial charge < -0.3 is 5.11 Å². The fourth-order valence-electron chi connectivity index (χ4n) is 1.01. The van der Waals surface area contributed by atoms with E-state index in [1.54, 1.807) is 12.1 Å². The Balaban J connectivity index is 2.55. The SMILES string of the molecule is O=C(O)CCN=Cc1ccc([N+](=O)[O-])cc1. The molecule has 0 atom stereocenters. The van der Waals surface area contributed by atoms with E-state index in [0.717, 1.165) is 0 Å². The van der Waals surface area contributed by atoms with Gasteiger partial charge in [-0.15, -0.1) is 0 Å². The Morgan fingerprint density at radius 1 is 1.44 bits per heavy atom. The summed E-state index contributed by atoms with van der Waals surface area (Å²) in [5.41, 5.74) is 0.721. The van der Waals surface area contributed by atoms with Gasteiger partial charge in [-0.05, 0) is 17.7 Å². The number of aliphatic imine (C=N–C) groups is 1. The summed E-state index contributed by atoms with van der Waals surface area (Å²) in [6.07, 6.45) is 1.47. The molecule has 1 rings (SSSR count). The van der Waals surface area contributed by atoms with Gasteiger partial charge in [0.25, 0.3) is 5.69 Å². The molecule has 0 saturated carbocycles. The van der Waals surface area contributed by atoms with Crippen molar-refractivity contribution in [2.24, 2.45) is 4.99 Å². The number of nitro benzene ring substituents is 1. The van der Waals surface area contributed by atoms with Gasteiger partial charge in [0, 0.05) is 24.9 Å². The maximum absolute atomic E-state index is 10.4. The van der Waals surface area contributed by atoms with Gasteiger partial charge in [0.2, 0.25) is 0 Å². The summed E-state index contributed by atoms with van der Waals surface area (Å²) in [6, 6.07) is 5.86. The Bertz CT molecular complexity index is 411. The van der Waals surface area contributed by atoms with Crippen LogP contribution in [0.15, 0.2) is 29.3 Å². The fourth-order valence-corrected chi connectivity index (χ4v) is 1.01. The van der Waals surface area contributed by atoms with Crippen LogP contribution in [0.2, 0.25) is 0 Å². The second kappa shape index (κ2) is 5.59. The summed E-state index contributed by atoms with van der Waals surface area (Å²) in [4.78, 5) is 23.9. The Morgan fingerprint density at radius 3 is 2.56 bits per heavy atom. The summed E-state index contributed by atoms with van der Waals surface area (Å²) < 4.78 is 0. The molecule has 0 bridgehead atoms. The largest absolute Gasteiger partial charge is 0.481 e. The van der Waals surface area contributed by atoms with Crippen LogP contribution in [-0.2, 0) is 4.79 Å². The predicted molar refractivity (Wildman–Crippen MR) is 57.8 cm³/mol. The highest BCUT2D eigenvalue weighted by atomic mass is 16.6. The summed E-state index contributed by atoms with van der Waals surface area (Å²) in [5.74, 6) is -0.902. The molecule has 0 amide bonds. The third-order valence-corrected chi connectivity index (χ3v) is 1.80. The molecule has 0 aliphatic carbocycles. The average Bonchev–Trinajstić information content (AvgIpc) is 2.25. The van der Waals surface area contributed by atoms with Crippen LogP contribution in [-0.4, -0.2) is 28.8 Å². The number of carboxylic acid groups (broad SMARTS) is 1. The number of nitro groups is 1. The minimum atomic E-state index is -0.902. The van der Waals surface area contributed by atoms with Crippen molar-refractivity contribution < 1.29 is 14.8 Å². The van der Waals surface area contributed by atoms with Gasteiger partial charge in [-0.1, -0.05) is 0 Å². The zero-order valence-corrected chi connectivity index (χ0v) is 8.37. The summed E-state index contributed by atoms with van der Waals surface area (Å²) in [7, 11) is 0. The smallest absolute Gasteiger partial charge is 0.305 e. The van der Waals surface area contributed by atoms with E-state index in [4.69, 9.17) is 5.11 Å². The molecular weight excluding hydrogens is 212 g/mol. The van der Waals surface area contributed by atoms with Gasteiger partial charge in [0.1, 0.15) is 0 Å². The van der Waals surface area contributed by atoms with E-state index in [1.807, 2.05) is 0 Å². The standard InChI is InChI=1S/C10H10N2O4/c13-10(14)5-6-11-7-8-1-3-9(4-2-8)12(15)16/h1-4,7H,5-6H2,(H,13,14). The first-order valence-corrected chi connectivity index (χ1v) is 4.55. The molecule has 6 nitrogen and oxygen atoms in total. The summed E-state index contributed by atoms with van der Waals surface area (Å²) in [6.45, 7) is 0.201. The number of benzene rings is 1. The van der Waals surface area contributed by atoms with Crippen LogP contribution in [0, 0.1) is 10.1 Å². The van der Waals surface area contributed by atoms with Crippen LogP contribution in [0.25, 0.3) is 0 Å². The maximum Gasteiger partial charge on any atom is 0.305 e. The first-order valence-electron chi connectivity index (χ1n) is 4.55. The first kappa shape index (κ1) is 11.8. The van der Waals surface area contributed by atoms with Gasteiger partial charge in [0.15, 0.2) is 0 Å². The molecule has 16 heavy (non-hydrogen) atoms. The lowest BCUT2D eigenvalue weighted by atomic mass is 10.2. The number of hydrogen-bond donors (Lipinski definition) is 1. The average molecular weight is 222 g/mol. The van der Waals surface area contributed by atoms with Crippen LogP contribution >= 0.6 is 0 Å². The van der Waals surface area contributed by atoms with Crippen molar-refractivity contribution in [3.05, 3.63) is 39.9 Å². The second-order valence-corrected chi connectivity index (χ2v) is 3.03. The van der Waals surface area contributed by atoms with Crippen LogP contribution in [0.4, 0.5) is 5.69 Å². The van der Waals surface area contributed by atoms with Crippen molar-refractivity contribution in [2.45, 2.75) is 6.42 Å². The Kier molecular flexibility index (Phi) is 4.14. The molecule has 0 heterocycles. The molecule has 0 fully saturated rings. The number of hydrogen-bond acceptors (Lipinski definition) is 4. The van der Waals surface area contributed by atoms with Crippen molar-refractivity contribution >= 4 is 17.9 Å². The predicted octanol–water partition coefficient (Wildman–Crippen LogP) is 1.49. The van der Waals surface area contributed by atoms with Crippen LogP contribution < -0.4 is 0 Å². The monoisotopic (exact) mass is 222 g/mol. The van der Waals surface area contributed by atoms with E-state index in [1.165, 1.54) is 18.3 Å². The van der Waals surface area contributed by atoms with E-state index >= 15 is 0 Å². The van der Waals surface area contributed by atoms with Gasteiger partial charge in [0.05, 0.1) is 11.3 Å². The van der Waals surface area contributed by atoms with Crippen molar-refractivity contribution in [2.75, 3.05) is 6.54 Å². The number of aliphatic carboxylic acids is 1. The molecule has 0 aliphatic heterocycles. The van der Waals surface area contributed by atoms with Crippen molar-refractivity contribution in [3.63, 3.8) is 0 Å². The van der Waals surface area contributed by atoms with Crippen LogP contribution in [0.3, 0.4) is 0 Å². The highest BCUT2D eigenvalue weighted by molar-refractivity contribution is 5.80. The molecule has 0 aromatic heterocycles. The van der Waals surface area contributed by atoms with Crippen molar-refractivity contribution in [3.8, 4) is 0 Å². The third-order valence-electron chi connectivity index (χ3n) is 1.80. The first-order chi connectivity index (χ1) is 7.59. The summed E-state index contributed by atoms with van der Waals surface area (Å²) >= 11 is 0. The molecule has 84 valence electrons. The number of non-ortho nitro benzene ring substituents is 1. The molecule has 0 radical (unpaired) electrons. The van der Waals surface area contributed by atoms with E-state index < -0.39 is 10.9 Å². The Morgan fingerprint density at radius 2 is 2.06 bits per heavy atom. The molecule has 0 spiro atoms. The number of rotatable bonds is 5. The zero-order valence-electron chi connectivity index (χ0n) is 8.37. The maximum atomic E-state index is 10.4. The second-order valence-electron chi connectivity index (χ2n) is 3.03. The summed E-state index contributed by atoms with van der Waals surface area (Å²) in [5, 5.41) is 18.7. The zero-order chi connectivity index (χ0) is 12.0. The molecule has 0 saturated heterocycles. The van der Waals surface area contributed by atoms with Crippen LogP contribution in [0.1, 0.15) is 12.0 Å². The molecule has 0 unspecified atom stereocenters. The van der Waals surface area contributed by atoms with Gasteiger partial charge in [-0.25, -0.2) is 0 Å². The molecule has 1 N–H and O–H groups in total. The third kappa shape index (κ3) is 3.87. The quantitative estimate of drug-likeness (QED) is 0.464. The Hall–Kier alpha value is -2.24. The Labute approximate surface area is 91.4 Å². The number of carboxylic acids is 1. The molecule has 1 aromatic rings. The lowest BCUT2D eigenvalue weighted by molar-refractivity contribution is -0.384. The molecule has 0 aliphatic rings. The fraction of sp³-hybridized carbons (Fsp3) is 0.200. The molecule has 1 aromatic carbocycles. The minimum Gasteiger partial charge on any atom is -0.481 e. The lowest BCUT2D eigenvalue weighted by Gasteiger charge is -1.93. The van der Waals surface area contributed by atoms with E-state index in [2.05, 4.69) is 4.99 Å². The van der Waals surface area contributed by atoms with Gasteiger partial charge >= 0.3 is 5.97 Å². The minimum absolute atomic E-state index is 0.0164. The molecule has 6 heteroatoms.